The molecule has 0 amide bonds. The summed E-state index contributed by atoms with van der Waals surface area (Å²) in [7, 11) is 1.52. The van der Waals surface area contributed by atoms with E-state index in [4.69, 9.17) is 9.47 Å². The molecule has 2 N–H and O–H groups in total. The van der Waals surface area contributed by atoms with E-state index in [1.54, 1.807) is 36.5 Å². The summed E-state index contributed by atoms with van der Waals surface area (Å²) in [5, 5.41) is 30.0. The van der Waals surface area contributed by atoms with Crippen molar-refractivity contribution in [3.63, 3.8) is 0 Å². The van der Waals surface area contributed by atoms with Crippen LogP contribution in [0.2, 0.25) is 0 Å². The molecule has 2 aliphatic heterocycles. The lowest BCUT2D eigenvalue weighted by molar-refractivity contribution is 0.00652. The number of ether oxygens (including phenoxy) is 2. The highest BCUT2D eigenvalue weighted by atomic mass is 19.1. The fourth-order valence-corrected chi connectivity index (χ4v) is 4.49. The molecule has 2 aliphatic rings. The van der Waals surface area contributed by atoms with Crippen LogP contribution in [0.15, 0.2) is 42.6 Å². The number of fused-ring (bicyclic) bond motifs is 2. The summed E-state index contributed by atoms with van der Waals surface area (Å²) in [5.74, 6) is 0.726. The molecular formula is C23H24FN5O3. The Balaban J connectivity index is 1.31. The summed E-state index contributed by atoms with van der Waals surface area (Å²) in [6, 6.07) is 10.5. The van der Waals surface area contributed by atoms with Crippen LogP contribution in [0.3, 0.4) is 0 Å². The molecule has 4 heterocycles. The number of phenolic OH excluding ortho intramolecular Hbond substituents is 1. The quantitative estimate of drug-likeness (QED) is 0.627. The van der Waals surface area contributed by atoms with Gasteiger partial charge >= 0.3 is 0 Å². The monoisotopic (exact) mass is 437 g/mol. The highest BCUT2D eigenvalue weighted by Gasteiger charge is 2.41. The van der Waals surface area contributed by atoms with Crippen LogP contribution < -0.4 is 14.8 Å². The smallest absolute Gasteiger partial charge is 0.233 e. The Bertz CT molecular complexity index is 1100. The van der Waals surface area contributed by atoms with Crippen molar-refractivity contribution in [3.8, 4) is 39.9 Å². The summed E-state index contributed by atoms with van der Waals surface area (Å²) in [5.41, 5.74) is 2.55. The lowest BCUT2D eigenvalue weighted by atomic mass is 9.84. The zero-order valence-electron chi connectivity index (χ0n) is 17.6. The van der Waals surface area contributed by atoms with Crippen LogP contribution in [-0.4, -0.2) is 57.0 Å². The topological polar surface area (TPSA) is 102 Å². The average Bonchev–Trinajstić information content (AvgIpc) is 2.83. The van der Waals surface area contributed by atoms with E-state index in [9.17, 15) is 9.50 Å². The van der Waals surface area contributed by atoms with E-state index in [-0.39, 0.29) is 17.7 Å². The van der Waals surface area contributed by atoms with Gasteiger partial charge in [-0.15, -0.1) is 15.3 Å². The Hall–Kier alpha value is -3.33. The molecule has 0 saturated carbocycles. The summed E-state index contributed by atoms with van der Waals surface area (Å²) in [6.45, 7) is 0. The predicted octanol–water partition coefficient (Wildman–Crippen LogP) is 3.31. The molecule has 0 radical (unpaired) electrons. The van der Waals surface area contributed by atoms with Crippen LogP contribution in [0.25, 0.3) is 22.4 Å². The van der Waals surface area contributed by atoms with E-state index in [0.717, 1.165) is 30.4 Å². The largest absolute Gasteiger partial charge is 0.507 e. The Kier molecular flexibility index (Phi) is 5.57. The van der Waals surface area contributed by atoms with Gasteiger partial charge in [-0.05, 0) is 36.6 Å². The molecular weight excluding hydrogens is 413 g/mol. The SMILES string of the molecule is COc1cc(-c2ccc(-c3ccc(O[C@H]4CC5CCCC(N5)[C@H]4F)nn3)c(O)c2)cnn1. The molecule has 0 spiro atoms. The number of hydrogen-bond donors (Lipinski definition) is 2. The van der Waals surface area contributed by atoms with Gasteiger partial charge < -0.3 is 19.9 Å². The van der Waals surface area contributed by atoms with Gasteiger partial charge in [0, 0.05) is 41.8 Å². The number of phenols is 1. The van der Waals surface area contributed by atoms with Crippen molar-refractivity contribution in [1.29, 1.82) is 0 Å². The van der Waals surface area contributed by atoms with Gasteiger partial charge in [-0.3, -0.25) is 0 Å². The van der Waals surface area contributed by atoms with E-state index < -0.39 is 12.3 Å². The molecule has 4 atom stereocenters. The molecule has 2 saturated heterocycles. The molecule has 32 heavy (non-hydrogen) atoms. The van der Waals surface area contributed by atoms with Gasteiger partial charge in [0.15, 0.2) is 6.17 Å². The van der Waals surface area contributed by atoms with Crippen LogP contribution in [0, 0.1) is 0 Å². The third kappa shape index (κ3) is 4.08. The lowest BCUT2D eigenvalue weighted by Crippen LogP contribution is -2.59. The maximum Gasteiger partial charge on any atom is 0.233 e. The second kappa shape index (κ2) is 8.66. The minimum atomic E-state index is -1.06. The highest BCUT2D eigenvalue weighted by molar-refractivity contribution is 5.74. The van der Waals surface area contributed by atoms with Crippen molar-refractivity contribution in [3.05, 3.63) is 42.6 Å². The number of aromatic nitrogens is 4. The first-order chi connectivity index (χ1) is 15.6. The number of benzene rings is 1. The van der Waals surface area contributed by atoms with Gasteiger partial charge in [-0.2, -0.15) is 5.10 Å². The number of rotatable bonds is 5. The molecule has 0 aliphatic carbocycles. The van der Waals surface area contributed by atoms with Gasteiger partial charge in [-0.25, -0.2) is 4.39 Å². The summed E-state index contributed by atoms with van der Waals surface area (Å²) in [4.78, 5) is 0. The molecule has 166 valence electrons. The van der Waals surface area contributed by atoms with Crippen LogP contribution in [0.1, 0.15) is 25.7 Å². The van der Waals surface area contributed by atoms with E-state index in [1.807, 2.05) is 6.07 Å². The van der Waals surface area contributed by atoms with Crippen molar-refractivity contribution in [2.75, 3.05) is 7.11 Å². The summed E-state index contributed by atoms with van der Waals surface area (Å²) < 4.78 is 25.7. The maximum absolute atomic E-state index is 14.7. The molecule has 5 rings (SSSR count). The van der Waals surface area contributed by atoms with Crippen molar-refractivity contribution < 1.29 is 19.0 Å². The fourth-order valence-electron chi connectivity index (χ4n) is 4.49. The third-order valence-corrected chi connectivity index (χ3v) is 6.13. The summed E-state index contributed by atoms with van der Waals surface area (Å²) in [6.07, 6.45) is 3.56. The molecule has 8 nitrogen and oxygen atoms in total. The number of hydrogen-bond acceptors (Lipinski definition) is 8. The Labute approximate surface area is 184 Å². The maximum atomic E-state index is 14.7. The van der Waals surface area contributed by atoms with E-state index in [2.05, 4.69) is 25.7 Å². The fraction of sp³-hybridized carbons (Fsp3) is 0.391. The molecule has 9 heteroatoms. The number of nitrogens with one attached hydrogen (secondary N) is 1. The Morgan fingerprint density at radius 3 is 2.72 bits per heavy atom. The molecule has 1 aromatic carbocycles. The van der Waals surface area contributed by atoms with Crippen LogP contribution >= 0.6 is 0 Å². The number of halogens is 1. The molecule has 2 bridgehead atoms. The molecule has 2 fully saturated rings. The summed E-state index contributed by atoms with van der Waals surface area (Å²) >= 11 is 0. The first-order valence-electron chi connectivity index (χ1n) is 10.7. The zero-order valence-corrected chi connectivity index (χ0v) is 17.6. The zero-order chi connectivity index (χ0) is 22.1. The van der Waals surface area contributed by atoms with E-state index in [0.29, 0.717) is 29.6 Å². The highest BCUT2D eigenvalue weighted by Crippen LogP contribution is 2.34. The van der Waals surface area contributed by atoms with Crippen LogP contribution in [0.4, 0.5) is 4.39 Å². The standard InChI is InChI=1S/C23H24FN5O3/c1-31-22-10-14(12-25-28-22)13-5-6-16(19(30)9-13)17-7-8-21(29-27-17)32-20-11-15-3-2-4-18(26-15)23(20)24/h5-10,12,15,18,20,23,26,30H,2-4,11H2,1H3/t15?,18?,20-,23+/m0/s1. The number of alkyl halides is 1. The van der Waals surface area contributed by atoms with Gasteiger partial charge in [0.05, 0.1) is 19.0 Å². The molecule has 3 aromatic rings. The first-order valence-corrected chi connectivity index (χ1v) is 10.7. The van der Waals surface area contributed by atoms with Crippen molar-refractivity contribution in [2.45, 2.75) is 50.0 Å². The number of methoxy groups -OCH3 is 1. The van der Waals surface area contributed by atoms with Crippen LogP contribution in [0.5, 0.6) is 17.5 Å². The van der Waals surface area contributed by atoms with Gasteiger partial charge in [-0.1, -0.05) is 12.5 Å². The average molecular weight is 437 g/mol. The number of piperidine rings is 2. The lowest BCUT2D eigenvalue weighted by Gasteiger charge is -2.42. The second-order valence-corrected chi connectivity index (χ2v) is 8.21. The van der Waals surface area contributed by atoms with Gasteiger partial charge in [0.25, 0.3) is 0 Å². The molecule has 2 unspecified atom stereocenters. The molecule has 2 aromatic heterocycles. The Morgan fingerprint density at radius 1 is 1.03 bits per heavy atom. The van der Waals surface area contributed by atoms with Crippen molar-refractivity contribution >= 4 is 0 Å². The van der Waals surface area contributed by atoms with E-state index >= 15 is 0 Å². The first kappa shape index (κ1) is 20.6. The third-order valence-electron chi connectivity index (χ3n) is 6.13. The normalized spacial score (nSPS) is 24.7. The van der Waals surface area contributed by atoms with Crippen molar-refractivity contribution in [2.24, 2.45) is 0 Å². The predicted molar refractivity (Wildman–Crippen MR) is 115 cm³/mol. The number of aromatic hydroxyl groups is 1. The second-order valence-electron chi connectivity index (χ2n) is 8.21. The van der Waals surface area contributed by atoms with Gasteiger partial charge in [0.2, 0.25) is 11.8 Å². The minimum absolute atomic E-state index is 0.0521. The Morgan fingerprint density at radius 2 is 1.94 bits per heavy atom. The van der Waals surface area contributed by atoms with Crippen molar-refractivity contribution in [1.82, 2.24) is 25.7 Å². The van der Waals surface area contributed by atoms with Crippen LogP contribution in [-0.2, 0) is 0 Å². The van der Waals surface area contributed by atoms with E-state index in [1.165, 1.54) is 7.11 Å². The minimum Gasteiger partial charge on any atom is -0.507 e. The number of nitrogens with zero attached hydrogens (tertiary/aromatic N) is 4. The van der Waals surface area contributed by atoms with Gasteiger partial charge in [0.1, 0.15) is 11.9 Å².